The molecule has 0 saturated carbocycles. The van der Waals surface area contributed by atoms with Gasteiger partial charge in [-0.25, -0.2) is 4.98 Å². The standard InChI is InChI=1S/C16H21N3O3/c1-11-9-12(22-4)5-6-13(11)15(16(20)21)19(3)10-14-17-7-8-18(14)2/h5-9,15H,10H2,1-4H3,(H,20,21)/t15-/m1/s1. The van der Waals surface area contributed by atoms with Gasteiger partial charge in [0.25, 0.3) is 0 Å². The minimum atomic E-state index is -0.884. The number of nitrogens with zero attached hydrogens (tertiary/aromatic N) is 3. The summed E-state index contributed by atoms with van der Waals surface area (Å²) in [5, 5.41) is 9.65. The van der Waals surface area contributed by atoms with Gasteiger partial charge >= 0.3 is 5.97 Å². The number of hydrogen-bond donors (Lipinski definition) is 1. The van der Waals surface area contributed by atoms with Gasteiger partial charge in [-0.3, -0.25) is 9.69 Å². The fourth-order valence-electron chi connectivity index (χ4n) is 2.50. The maximum Gasteiger partial charge on any atom is 0.325 e. The molecule has 22 heavy (non-hydrogen) atoms. The lowest BCUT2D eigenvalue weighted by atomic mass is 10.00. The first-order valence-corrected chi connectivity index (χ1v) is 6.97. The molecule has 2 rings (SSSR count). The lowest BCUT2D eigenvalue weighted by Gasteiger charge is -2.26. The molecule has 6 heteroatoms. The van der Waals surface area contributed by atoms with Crippen molar-refractivity contribution in [1.29, 1.82) is 0 Å². The van der Waals surface area contributed by atoms with Gasteiger partial charge in [0.2, 0.25) is 0 Å². The van der Waals surface area contributed by atoms with Gasteiger partial charge in [-0.2, -0.15) is 0 Å². The zero-order valence-corrected chi connectivity index (χ0v) is 13.3. The van der Waals surface area contributed by atoms with E-state index in [0.29, 0.717) is 6.54 Å². The normalized spacial score (nSPS) is 12.4. The molecule has 1 atom stereocenters. The van der Waals surface area contributed by atoms with Crippen molar-refractivity contribution in [1.82, 2.24) is 14.5 Å². The Balaban J connectivity index is 2.30. The minimum Gasteiger partial charge on any atom is -0.497 e. The summed E-state index contributed by atoms with van der Waals surface area (Å²) in [6, 6.07) is 4.71. The van der Waals surface area contributed by atoms with Crippen LogP contribution >= 0.6 is 0 Å². The average molecular weight is 303 g/mol. The molecule has 118 valence electrons. The Labute approximate surface area is 130 Å². The number of ether oxygens (including phenoxy) is 1. The van der Waals surface area contributed by atoms with Crippen LogP contribution in [0.4, 0.5) is 0 Å². The summed E-state index contributed by atoms with van der Waals surface area (Å²) < 4.78 is 7.06. The predicted molar refractivity (Wildman–Crippen MR) is 82.8 cm³/mol. The summed E-state index contributed by atoms with van der Waals surface area (Å²) in [5.41, 5.74) is 1.64. The molecule has 6 nitrogen and oxygen atoms in total. The van der Waals surface area contributed by atoms with Crippen LogP contribution < -0.4 is 4.74 Å². The Morgan fingerprint density at radius 1 is 1.50 bits per heavy atom. The summed E-state index contributed by atoms with van der Waals surface area (Å²) in [5.74, 6) is 0.655. The number of carbonyl (C=O) groups is 1. The molecule has 0 fully saturated rings. The van der Waals surface area contributed by atoms with Crippen LogP contribution in [-0.4, -0.2) is 39.7 Å². The molecule has 1 aromatic heterocycles. The smallest absolute Gasteiger partial charge is 0.325 e. The Bertz CT molecular complexity index is 666. The molecule has 0 bridgehead atoms. The van der Waals surface area contributed by atoms with E-state index in [1.807, 2.05) is 36.9 Å². The third-order valence-electron chi connectivity index (χ3n) is 3.76. The van der Waals surface area contributed by atoms with Crippen LogP contribution in [0.5, 0.6) is 5.75 Å². The highest BCUT2D eigenvalue weighted by Crippen LogP contribution is 2.27. The fourth-order valence-corrected chi connectivity index (χ4v) is 2.50. The van der Waals surface area contributed by atoms with Crippen LogP contribution in [-0.2, 0) is 18.4 Å². The van der Waals surface area contributed by atoms with Gasteiger partial charge in [-0.05, 0) is 37.2 Å². The van der Waals surface area contributed by atoms with E-state index in [4.69, 9.17) is 4.74 Å². The summed E-state index contributed by atoms with van der Waals surface area (Å²) in [4.78, 5) is 17.8. The molecule has 1 heterocycles. The molecule has 0 unspecified atom stereocenters. The number of hydrogen-bond acceptors (Lipinski definition) is 4. The van der Waals surface area contributed by atoms with Crippen molar-refractivity contribution in [3.05, 3.63) is 47.5 Å². The lowest BCUT2D eigenvalue weighted by molar-refractivity contribution is -0.143. The van der Waals surface area contributed by atoms with E-state index in [1.165, 1.54) is 0 Å². The Morgan fingerprint density at radius 3 is 2.73 bits per heavy atom. The van der Waals surface area contributed by atoms with E-state index in [9.17, 15) is 9.90 Å². The van der Waals surface area contributed by atoms with Crippen LogP contribution in [0.2, 0.25) is 0 Å². The molecular weight excluding hydrogens is 282 g/mol. The van der Waals surface area contributed by atoms with Crippen LogP contribution in [0.25, 0.3) is 0 Å². The molecule has 0 amide bonds. The second-order valence-electron chi connectivity index (χ2n) is 5.33. The Morgan fingerprint density at radius 2 is 2.23 bits per heavy atom. The lowest BCUT2D eigenvalue weighted by Crippen LogP contribution is -2.31. The molecule has 0 aliphatic carbocycles. The van der Waals surface area contributed by atoms with Gasteiger partial charge in [-0.1, -0.05) is 6.07 Å². The Hall–Kier alpha value is -2.34. The summed E-state index contributed by atoms with van der Waals surface area (Å²) in [6.07, 6.45) is 3.55. The first kappa shape index (κ1) is 16.0. The van der Waals surface area contributed by atoms with Crippen molar-refractivity contribution in [2.75, 3.05) is 14.2 Å². The topological polar surface area (TPSA) is 67.6 Å². The highest BCUT2D eigenvalue weighted by molar-refractivity contribution is 5.76. The van der Waals surface area contributed by atoms with Crippen molar-refractivity contribution in [3.8, 4) is 5.75 Å². The van der Waals surface area contributed by atoms with Gasteiger partial charge in [0, 0.05) is 19.4 Å². The quantitative estimate of drug-likeness (QED) is 0.884. The second-order valence-corrected chi connectivity index (χ2v) is 5.33. The predicted octanol–water partition coefficient (Wildman–Crippen LogP) is 1.99. The second kappa shape index (κ2) is 6.62. The monoisotopic (exact) mass is 303 g/mol. The molecule has 0 aliphatic heterocycles. The number of carboxylic acids is 1. The van der Waals surface area contributed by atoms with Crippen molar-refractivity contribution >= 4 is 5.97 Å². The molecule has 0 aliphatic rings. The van der Waals surface area contributed by atoms with Crippen LogP contribution in [0.15, 0.2) is 30.6 Å². The molecule has 1 aromatic carbocycles. The summed E-state index contributed by atoms with van der Waals surface area (Å²) in [6.45, 7) is 2.34. The van der Waals surface area contributed by atoms with Crippen molar-refractivity contribution in [2.45, 2.75) is 19.5 Å². The van der Waals surface area contributed by atoms with E-state index < -0.39 is 12.0 Å². The zero-order valence-electron chi connectivity index (χ0n) is 13.3. The molecule has 2 aromatic rings. The maximum absolute atomic E-state index is 11.8. The van der Waals surface area contributed by atoms with E-state index in [2.05, 4.69) is 4.98 Å². The highest BCUT2D eigenvalue weighted by atomic mass is 16.5. The number of rotatable bonds is 6. The summed E-state index contributed by atoms with van der Waals surface area (Å²) in [7, 11) is 5.28. The number of aliphatic carboxylic acids is 1. The third kappa shape index (κ3) is 3.28. The largest absolute Gasteiger partial charge is 0.497 e. The molecular formula is C16H21N3O3. The van der Waals surface area contributed by atoms with E-state index >= 15 is 0 Å². The average Bonchev–Trinajstić information content (AvgIpc) is 2.86. The van der Waals surface area contributed by atoms with Crippen LogP contribution in [0.3, 0.4) is 0 Å². The van der Waals surface area contributed by atoms with Gasteiger partial charge in [0.1, 0.15) is 17.6 Å². The molecule has 1 N–H and O–H groups in total. The number of methoxy groups -OCH3 is 1. The van der Waals surface area contributed by atoms with Crippen molar-refractivity contribution < 1.29 is 14.6 Å². The molecule has 0 spiro atoms. The minimum absolute atomic E-state index is 0.450. The summed E-state index contributed by atoms with van der Waals surface area (Å²) >= 11 is 0. The number of carboxylic acid groups (broad SMARTS) is 1. The first-order valence-electron chi connectivity index (χ1n) is 6.97. The number of benzene rings is 1. The number of imidazole rings is 1. The SMILES string of the molecule is COc1ccc([C@H](C(=O)O)N(C)Cc2nccn2C)c(C)c1. The van der Waals surface area contributed by atoms with Crippen LogP contribution in [0.1, 0.15) is 23.0 Å². The van der Waals surface area contributed by atoms with Gasteiger partial charge < -0.3 is 14.4 Å². The van der Waals surface area contributed by atoms with E-state index in [1.54, 1.807) is 31.3 Å². The van der Waals surface area contributed by atoms with Crippen molar-refractivity contribution in [2.24, 2.45) is 7.05 Å². The van der Waals surface area contributed by atoms with Crippen molar-refractivity contribution in [3.63, 3.8) is 0 Å². The third-order valence-corrected chi connectivity index (χ3v) is 3.76. The van der Waals surface area contributed by atoms with Gasteiger partial charge in [0.15, 0.2) is 0 Å². The molecule has 0 saturated heterocycles. The number of aromatic nitrogens is 2. The highest BCUT2D eigenvalue weighted by Gasteiger charge is 2.27. The van der Waals surface area contributed by atoms with Gasteiger partial charge in [0.05, 0.1) is 13.7 Å². The number of likely N-dealkylation sites (N-methyl/N-ethyl adjacent to an activating group) is 1. The number of aryl methyl sites for hydroxylation is 2. The van der Waals surface area contributed by atoms with Crippen LogP contribution in [0, 0.1) is 6.92 Å². The van der Waals surface area contributed by atoms with Gasteiger partial charge in [-0.15, -0.1) is 0 Å². The van der Waals surface area contributed by atoms with E-state index in [0.717, 1.165) is 22.7 Å². The maximum atomic E-state index is 11.8. The molecule has 0 radical (unpaired) electrons. The first-order chi connectivity index (χ1) is 10.4. The zero-order chi connectivity index (χ0) is 16.3. The fraction of sp³-hybridized carbons (Fsp3) is 0.375. The van der Waals surface area contributed by atoms with E-state index in [-0.39, 0.29) is 0 Å². The Kier molecular flexibility index (Phi) is 4.82.